The molecular formula is C27H27N3O4. The van der Waals surface area contributed by atoms with Gasteiger partial charge < -0.3 is 24.7 Å². The van der Waals surface area contributed by atoms with E-state index < -0.39 is 0 Å². The number of amides is 2. The third-order valence-corrected chi connectivity index (χ3v) is 5.62. The highest BCUT2D eigenvalue weighted by Crippen LogP contribution is 2.22. The van der Waals surface area contributed by atoms with E-state index >= 15 is 0 Å². The van der Waals surface area contributed by atoms with E-state index in [-0.39, 0.29) is 24.7 Å². The highest BCUT2D eigenvalue weighted by Gasteiger charge is 2.18. The van der Waals surface area contributed by atoms with E-state index in [1.54, 1.807) is 25.2 Å². The van der Waals surface area contributed by atoms with Gasteiger partial charge in [-0.2, -0.15) is 0 Å². The van der Waals surface area contributed by atoms with Crippen molar-refractivity contribution >= 4 is 16.9 Å². The van der Waals surface area contributed by atoms with E-state index in [2.05, 4.69) is 10.3 Å². The predicted molar refractivity (Wildman–Crippen MR) is 132 cm³/mol. The maximum atomic E-state index is 13.2. The fourth-order valence-corrected chi connectivity index (χ4v) is 3.80. The number of para-hydroxylation sites is 1. The first-order chi connectivity index (χ1) is 16.6. The topological polar surface area (TPSA) is 83.7 Å². The third kappa shape index (κ3) is 5.38. The smallest absolute Gasteiger partial charge is 0.318 e. The zero-order valence-electron chi connectivity index (χ0n) is 19.2. The van der Waals surface area contributed by atoms with Crippen molar-refractivity contribution in [3.63, 3.8) is 0 Å². The lowest BCUT2D eigenvalue weighted by molar-refractivity contribution is 0.191. The maximum Gasteiger partial charge on any atom is 0.318 e. The molecule has 3 aromatic carbocycles. The molecule has 0 aliphatic heterocycles. The Bertz CT molecular complexity index is 1330. The van der Waals surface area contributed by atoms with Crippen LogP contribution in [-0.2, 0) is 19.6 Å². The summed E-state index contributed by atoms with van der Waals surface area (Å²) in [6.07, 6.45) is 0. The lowest BCUT2D eigenvalue weighted by atomic mass is 10.1. The molecule has 0 aliphatic carbocycles. The molecule has 0 saturated carbocycles. The van der Waals surface area contributed by atoms with E-state index in [4.69, 9.17) is 9.47 Å². The highest BCUT2D eigenvalue weighted by atomic mass is 16.5. The molecule has 7 heteroatoms. The van der Waals surface area contributed by atoms with Crippen molar-refractivity contribution < 1.29 is 14.3 Å². The van der Waals surface area contributed by atoms with Crippen LogP contribution in [0.15, 0.2) is 83.7 Å². The van der Waals surface area contributed by atoms with Gasteiger partial charge in [0, 0.05) is 23.7 Å². The molecule has 0 bridgehead atoms. The van der Waals surface area contributed by atoms with Crippen molar-refractivity contribution in [2.75, 3.05) is 14.2 Å². The standard InChI is InChI=1S/C27H27N3O4/c1-33-23-13-12-20-14-22(26(31)29-24(20)15-23)18-30(17-21-10-6-7-11-25(21)34-2)27(32)28-16-19-8-4-3-5-9-19/h3-15H,16-18H2,1-2H3,(H,28,32)(H,29,31). The summed E-state index contributed by atoms with van der Waals surface area (Å²) in [6, 6.07) is 24.3. The molecule has 174 valence electrons. The number of ether oxygens (including phenoxy) is 2. The minimum absolute atomic E-state index is 0.135. The van der Waals surface area contributed by atoms with Gasteiger partial charge in [-0.05, 0) is 35.2 Å². The number of H-pyrrole nitrogens is 1. The van der Waals surface area contributed by atoms with Crippen molar-refractivity contribution in [2.24, 2.45) is 0 Å². The first kappa shape index (κ1) is 22.9. The number of rotatable bonds is 8. The van der Waals surface area contributed by atoms with E-state index in [0.717, 1.165) is 16.5 Å². The number of methoxy groups -OCH3 is 2. The number of pyridine rings is 1. The minimum Gasteiger partial charge on any atom is -0.497 e. The van der Waals surface area contributed by atoms with Crippen molar-refractivity contribution in [1.82, 2.24) is 15.2 Å². The molecule has 0 aliphatic rings. The fourth-order valence-electron chi connectivity index (χ4n) is 3.80. The van der Waals surface area contributed by atoms with Gasteiger partial charge >= 0.3 is 6.03 Å². The number of aromatic amines is 1. The summed E-state index contributed by atoms with van der Waals surface area (Å²) in [4.78, 5) is 30.6. The Morgan fingerprint density at radius 1 is 0.882 bits per heavy atom. The van der Waals surface area contributed by atoms with Gasteiger partial charge in [-0.25, -0.2) is 4.79 Å². The van der Waals surface area contributed by atoms with Crippen LogP contribution in [0.25, 0.3) is 10.9 Å². The Morgan fingerprint density at radius 2 is 1.62 bits per heavy atom. The first-order valence-electron chi connectivity index (χ1n) is 11.0. The second-order valence-electron chi connectivity index (χ2n) is 7.89. The number of nitrogens with zero attached hydrogens (tertiary/aromatic N) is 1. The van der Waals surface area contributed by atoms with Crippen LogP contribution in [0.1, 0.15) is 16.7 Å². The average Bonchev–Trinajstić information content (AvgIpc) is 2.87. The zero-order chi connectivity index (χ0) is 23.9. The number of nitrogens with one attached hydrogen (secondary N) is 2. The molecule has 2 amide bonds. The highest BCUT2D eigenvalue weighted by molar-refractivity contribution is 5.80. The molecule has 4 aromatic rings. The second-order valence-corrected chi connectivity index (χ2v) is 7.89. The van der Waals surface area contributed by atoms with Gasteiger partial charge in [0.05, 0.1) is 32.8 Å². The maximum absolute atomic E-state index is 13.2. The summed E-state index contributed by atoms with van der Waals surface area (Å²) in [5.41, 5.74) is 2.76. The molecule has 0 fully saturated rings. The largest absolute Gasteiger partial charge is 0.497 e. The van der Waals surface area contributed by atoms with Gasteiger partial charge in [-0.15, -0.1) is 0 Å². The van der Waals surface area contributed by atoms with Crippen LogP contribution in [0.3, 0.4) is 0 Å². The van der Waals surface area contributed by atoms with Gasteiger partial charge in [0.25, 0.3) is 5.56 Å². The number of urea groups is 1. The summed E-state index contributed by atoms with van der Waals surface area (Å²) in [6.45, 7) is 0.802. The van der Waals surface area contributed by atoms with Crippen LogP contribution in [-0.4, -0.2) is 30.1 Å². The number of carbonyl (C=O) groups is 1. The Kier molecular flexibility index (Phi) is 7.13. The van der Waals surface area contributed by atoms with Crippen molar-refractivity contribution in [3.05, 3.63) is 106 Å². The van der Waals surface area contributed by atoms with E-state index in [9.17, 15) is 9.59 Å². The zero-order valence-corrected chi connectivity index (χ0v) is 19.2. The van der Waals surface area contributed by atoms with Gasteiger partial charge in [0.15, 0.2) is 0 Å². The van der Waals surface area contributed by atoms with Crippen molar-refractivity contribution in [2.45, 2.75) is 19.6 Å². The Hall–Kier alpha value is -4.26. The summed E-state index contributed by atoms with van der Waals surface area (Å²) >= 11 is 0. The Morgan fingerprint density at radius 3 is 2.38 bits per heavy atom. The Labute approximate surface area is 197 Å². The molecule has 0 radical (unpaired) electrons. The average molecular weight is 458 g/mol. The molecule has 1 aromatic heterocycles. The molecule has 34 heavy (non-hydrogen) atoms. The Balaban J connectivity index is 1.62. The molecule has 0 unspecified atom stereocenters. The van der Waals surface area contributed by atoms with Gasteiger partial charge in [0.2, 0.25) is 0 Å². The SMILES string of the molecule is COc1ccc2cc(CN(Cc3ccccc3OC)C(=O)NCc3ccccc3)c(=O)[nH]c2c1. The van der Waals surface area contributed by atoms with Crippen LogP contribution < -0.4 is 20.3 Å². The fraction of sp³-hybridized carbons (Fsp3) is 0.185. The summed E-state index contributed by atoms with van der Waals surface area (Å²) in [7, 11) is 3.18. The molecule has 0 atom stereocenters. The van der Waals surface area contributed by atoms with E-state index in [0.29, 0.717) is 29.1 Å². The number of aromatic nitrogens is 1. The molecule has 2 N–H and O–H groups in total. The van der Waals surface area contributed by atoms with Crippen LogP contribution in [0.5, 0.6) is 11.5 Å². The quantitative estimate of drug-likeness (QED) is 0.409. The molecule has 4 rings (SSSR count). The number of fused-ring (bicyclic) bond motifs is 1. The van der Waals surface area contributed by atoms with Crippen LogP contribution in [0, 0.1) is 0 Å². The molecular weight excluding hydrogens is 430 g/mol. The number of hydrogen-bond donors (Lipinski definition) is 2. The molecule has 0 spiro atoms. The monoisotopic (exact) mass is 457 g/mol. The number of hydrogen-bond acceptors (Lipinski definition) is 4. The molecule has 1 heterocycles. The first-order valence-corrected chi connectivity index (χ1v) is 11.0. The van der Waals surface area contributed by atoms with Crippen LogP contribution in [0.4, 0.5) is 4.79 Å². The lowest BCUT2D eigenvalue weighted by Crippen LogP contribution is -2.40. The number of benzene rings is 3. The van der Waals surface area contributed by atoms with Gasteiger partial charge in [0.1, 0.15) is 11.5 Å². The normalized spacial score (nSPS) is 10.6. The number of carbonyl (C=O) groups excluding carboxylic acids is 1. The van der Waals surface area contributed by atoms with E-state index in [1.807, 2.05) is 72.8 Å². The van der Waals surface area contributed by atoms with Crippen molar-refractivity contribution in [1.29, 1.82) is 0 Å². The summed E-state index contributed by atoms with van der Waals surface area (Å²) in [5, 5.41) is 3.82. The molecule has 7 nitrogen and oxygen atoms in total. The lowest BCUT2D eigenvalue weighted by Gasteiger charge is -2.24. The van der Waals surface area contributed by atoms with Gasteiger partial charge in [-0.3, -0.25) is 4.79 Å². The summed E-state index contributed by atoms with van der Waals surface area (Å²) < 4.78 is 10.7. The molecule has 0 saturated heterocycles. The van der Waals surface area contributed by atoms with Crippen molar-refractivity contribution in [3.8, 4) is 11.5 Å². The predicted octanol–water partition coefficient (Wildman–Crippen LogP) is 4.46. The van der Waals surface area contributed by atoms with Crippen LogP contribution in [0.2, 0.25) is 0 Å². The third-order valence-electron chi connectivity index (χ3n) is 5.62. The van der Waals surface area contributed by atoms with Gasteiger partial charge in [-0.1, -0.05) is 48.5 Å². The van der Waals surface area contributed by atoms with E-state index in [1.165, 1.54) is 0 Å². The second kappa shape index (κ2) is 10.6. The summed E-state index contributed by atoms with van der Waals surface area (Å²) in [5.74, 6) is 1.34. The minimum atomic E-state index is -0.274. The van der Waals surface area contributed by atoms with Crippen LogP contribution >= 0.6 is 0 Å².